The molecule has 0 aliphatic carbocycles. The first kappa shape index (κ1) is 21.5. The molecule has 1 atom stereocenters. The fourth-order valence-electron chi connectivity index (χ4n) is 2.48. The van der Waals surface area contributed by atoms with E-state index in [-0.39, 0.29) is 5.56 Å². The topological polar surface area (TPSA) is 23.5 Å². The number of hydrogen-bond acceptors (Lipinski definition) is 2. The van der Waals surface area contributed by atoms with Crippen LogP contribution in [0.15, 0.2) is 24.3 Å². The Morgan fingerprint density at radius 1 is 0.960 bits per heavy atom. The second-order valence-electron chi connectivity index (χ2n) is 5.95. The summed E-state index contributed by atoms with van der Waals surface area (Å²) in [6, 6.07) is 5.54. The maximum atomic E-state index is 13.6. The minimum Gasteiger partial charge on any atom is -0.385 e. The van der Waals surface area contributed by atoms with Crippen molar-refractivity contribution in [2.24, 2.45) is 0 Å². The zero-order chi connectivity index (χ0) is 19.7. The lowest BCUT2D eigenvalue weighted by atomic mass is 9.87. The number of benzene rings is 1. The smallest absolute Gasteiger partial charge is 0.385 e. The summed E-state index contributed by atoms with van der Waals surface area (Å²) < 4.78 is 90.2. The molecule has 0 fully saturated rings. The van der Waals surface area contributed by atoms with Gasteiger partial charge in [-0.25, -0.2) is 0 Å². The van der Waals surface area contributed by atoms with Crippen LogP contribution in [0.1, 0.15) is 32.8 Å². The molecule has 1 N–H and O–H groups in total. The normalized spacial score (nSPS) is 15.8. The molecule has 0 bridgehead atoms. The molecule has 0 aliphatic heterocycles. The van der Waals surface area contributed by atoms with E-state index in [2.05, 4.69) is 0 Å². The summed E-state index contributed by atoms with van der Waals surface area (Å²) in [7, 11) is 0. The molecule has 0 saturated carbocycles. The van der Waals surface area contributed by atoms with Gasteiger partial charge in [0.25, 0.3) is 0 Å². The molecular formula is C16H20F7NO. The van der Waals surface area contributed by atoms with Crippen LogP contribution in [-0.4, -0.2) is 36.2 Å². The summed E-state index contributed by atoms with van der Waals surface area (Å²) in [6.45, 7) is 5.56. The predicted octanol–water partition coefficient (Wildman–Crippen LogP) is 4.96. The van der Waals surface area contributed by atoms with Gasteiger partial charge in [-0.3, -0.25) is 0 Å². The average Bonchev–Trinajstić information content (AvgIpc) is 2.46. The highest BCUT2D eigenvalue weighted by atomic mass is 19.4. The number of halogens is 7. The molecule has 0 radical (unpaired) electrons. The Kier molecular flexibility index (Phi) is 6.04. The van der Waals surface area contributed by atoms with E-state index in [9.17, 15) is 35.8 Å². The quantitative estimate of drug-likeness (QED) is 0.681. The molecule has 1 rings (SSSR count). The molecule has 0 aliphatic rings. The van der Waals surface area contributed by atoms with Gasteiger partial charge in [0.05, 0.1) is 12.0 Å². The van der Waals surface area contributed by atoms with Crippen molar-refractivity contribution < 1.29 is 35.8 Å². The highest BCUT2D eigenvalue weighted by molar-refractivity contribution is 5.49. The zero-order valence-corrected chi connectivity index (χ0v) is 14.0. The molecule has 0 aromatic heterocycles. The maximum Gasteiger partial charge on any atom is 0.459 e. The van der Waals surface area contributed by atoms with Crippen LogP contribution in [-0.2, 0) is 5.60 Å². The van der Waals surface area contributed by atoms with Crippen molar-refractivity contribution in [3.05, 3.63) is 29.8 Å². The summed E-state index contributed by atoms with van der Waals surface area (Å²) in [6.07, 6.45) is -8.50. The molecule has 0 spiro atoms. The fraction of sp³-hybridized carbons (Fsp3) is 0.625. The molecule has 9 heteroatoms. The van der Waals surface area contributed by atoms with Crippen LogP contribution in [0.5, 0.6) is 0 Å². The average molecular weight is 375 g/mol. The van der Waals surface area contributed by atoms with Crippen LogP contribution in [0.2, 0.25) is 0 Å². The number of anilines is 1. The number of rotatable bonds is 7. The van der Waals surface area contributed by atoms with Crippen LogP contribution in [0.25, 0.3) is 0 Å². The Labute approximate surface area is 141 Å². The van der Waals surface area contributed by atoms with Gasteiger partial charge in [-0.1, -0.05) is 12.1 Å². The van der Waals surface area contributed by atoms with Crippen LogP contribution in [0.3, 0.4) is 0 Å². The van der Waals surface area contributed by atoms with Crippen molar-refractivity contribution in [3.8, 4) is 0 Å². The minimum atomic E-state index is -6.42. The first-order chi connectivity index (χ1) is 11.2. The number of alkyl halides is 7. The summed E-state index contributed by atoms with van der Waals surface area (Å²) in [5, 5.41) is 10.2. The van der Waals surface area contributed by atoms with Crippen molar-refractivity contribution in [2.45, 2.75) is 50.8 Å². The maximum absolute atomic E-state index is 13.6. The lowest BCUT2D eigenvalue weighted by molar-refractivity contribution is -0.361. The zero-order valence-electron chi connectivity index (χ0n) is 14.0. The summed E-state index contributed by atoms with van der Waals surface area (Å²) >= 11 is 0. The molecule has 1 aromatic rings. The second-order valence-corrected chi connectivity index (χ2v) is 5.95. The largest absolute Gasteiger partial charge is 0.459 e. The second kappa shape index (κ2) is 7.01. The van der Waals surface area contributed by atoms with Gasteiger partial charge in [0.15, 0.2) is 0 Å². The molecule has 1 unspecified atom stereocenters. The van der Waals surface area contributed by atoms with Crippen molar-refractivity contribution in [1.29, 1.82) is 0 Å². The first-order valence-corrected chi connectivity index (χ1v) is 7.60. The van der Waals surface area contributed by atoms with Crippen LogP contribution < -0.4 is 4.90 Å². The molecule has 0 heterocycles. The first-order valence-electron chi connectivity index (χ1n) is 7.60. The molecule has 2 nitrogen and oxygen atoms in total. The van der Waals surface area contributed by atoms with Crippen LogP contribution >= 0.6 is 0 Å². The Hall–Kier alpha value is -1.51. The van der Waals surface area contributed by atoms with Gasteiger partial charge in [0.1, 0.15) is 0 Å². The van der Waals surface area contributed by atoms with E-state index >= 15 is 0 Å². The lowest BCUT2D eigenvalue weighted by Crippen LogP contribution is -2.54. The predicted molar refractivity (Wildman–Crippen MR) is 80.1 cm³/mol. The number of aliphatic hydroxyl groups is 1. The molecule has 144 valence electrons. The van der Waals surface area contributed by atoms with Crippen LogP contribution in [0.4, 0.5) is 36.4 Å². The van der Waals surface area contributed by atoms with Gasteiger partial charge in [0, 0.05) is 18.8 Å². The van der Waals surface area contributed by atoms with E-state index in [4.69, 9.17) is 0 Å². The number of hydrogen-bond donors (Lipinski definition) is 1. The van der Waals surface area contributed by atoms with Gasteiger partial charge in [-0.2, -0.15) is 30.7 Å². The van der Waals surface area contributed by atoms with Crippen molar-refractivity contribution in [2.75, 3.05) is 18.0 Å². The van der Waals surface area contributed by atoms with E-state index in [1.807, 2.05) is 18.7 Å². The summed E-state index contributed by atoms with van der Waals surface area (Å²) in [5.41, 5.74) is -2.22. The Morgan fingerprint density at radius 3 is 1.92 bits per heavy atom. The van der Waals surface area contributed by atoms with Crippen molar-refractivity contribution >= 4 is 5.69 Å². The van der Waals surface area contributed by atoms with Crippen molar-refractivity contribution in [1.82, 2.24) is 0 Å². The van der Waals surface area contributed by atoms with Gasteiger partial charge >= 0.3 is 18.0 Å². The standard InChI is InChI=1S/C16H20F7NO/c1-4-24(5-2)12-8-6-7-11(9-12)13(3,25)10-14(17,18)15(19,20)16(21,22)23/h6-9,25H,4-5,10H2,1-3H3. The van der Waals surface area contributed by atoms with Gasteiger partial charge in [-0.15, -0.1) is 0 Å². The van der Waals surface area contributed by atoms with E-state index in [0.717, 1.165) is 6.92 Å². The molecular weight excluding hydrogens is 355 g/mol. The Balaban J connectivity index is 3.19. The van der Waals surface area contributed by atoms with E-state index in [0.29, 0.717) is 18.8 Å². The monoisotopic (exact) mass is 375 g/mol. The SMILES string of the molecule is CCN(CC)c1cccc(C(C)(O)CC(F)(F)C(F)(F)C(F)(F)F)c1. The molecule has 1 aromatic carbocycles. The van der Waals surface area contributed by atoms with Crippen LogP contribution in [0, 0.1) is 0 Å². The minimum absolute atomic E-state index is 0.172. The summed E-state index contributed by atoms with van der Waals surface area (Å²) in [5.74, 6) is -11.7. The number of nitrogens with zero attached hydrogens (tertiary/aromatic N) is 1. The third kappa shape index (κ3) is 4.37. The molecule has 0 amide bonds. The third-order valence-electron chi connectivity index (χ3n) is 3.98. The highest BCUT2D eigenvalue weighted by Crippen LogP contribution is 2.50. The van der Waals surface area contributed by atoms with Gasteiger partial charge in [-0.05, 0) is 38.5 Å². The van der Waals surface area contributed by atoms with Crippen molar-refractivity contribution in [3.63, 3.8) is 0 Å². The van der Waals surface area contributed by atoms with Gasteiger partial charge < -0.3 is 10.0 Å². The van der Waals surface area contributed by atoms with Gasteiger partial charge in [0.2, 0.25) is 0 Å². The molecule has 25 heavy (non-hydrogen) atoms. The fourth-order valence-corrected chi connectivity index (χ4v) is 2.48. The lowest BCUT2D eigenvalue weighted by Gasteiger charge is -2.34. The Bertz CT molecular complexity index is 580. The van der Waals surface area contributed by atoms with E-state index < -0.39 is 30.0 Å². The highest BCUT2D eigenvalue weighted by Gasteiger charge is 2.73. The molecule has 0 saturated heterocycles. The Morgan fingerprint density at radius 2 is 1.48 bits per heavy atom. The third-order valence-corrected chi connectivity index (χ3v) is 3.98. The summed E-state index contributed by atoms with van der Waals surface area (Å²) in [4.78, 5) is 1.81. The van der Waals surface area contributed by atoms with E-state index in [1.54, 1.807) is 6.07 Å². The van der Waals surface area contributed by atoms with E-state index in [1.165, 1.54) is 18.2 Å².